The van der Waals surface area contributed by atoms with Gasteiger partial charge in [-0.2, -0.15) is 0 Å². The topological polar surface area (TPSA) is 49.4 Å². The minimum Gasteiger partial charge on any atom is -0.352 e. The Labute approximate surface area is 176 Å². The molecule has 0 heterocycles. The van der Waals surface area contributed by atoms with Crippen molar-refractivity contribution in [3.05, 3.63) is 69.2 Å². The molecule has 0 aliphatic heterocycles. The molecule has 2 rings (SSSR count). The van der Waals surface area contributed by atoms with Crippen molar-refractivity contribution in [1.82, 2.24) is 10.2 Å². The second-order valence-electron chi connectivity index (χ2n) is 7.23. The van der Waals surface area contributed by atoms with Gasteiger partial charge in [0.2, 0.25) is 11.8 Å². The monoisotopic (exact) mass is 420 g/mol. The van der Waals surface area contributed by atoms with E-state index in [1.54, 1.807) is 30.0 Å². The van der Waals surface area contributed by atoms with Gasteiger partial charge in [-0.15, -0.1) is 0 Å². The van der Waals surface area contributed by atoms with E-state index in [0.29, 0.717) is 22.2 Å². The summed E-state index contributed by atoms with van der Waals surface area (Å²) in [6.07, 6.45) is 0.0314. The van der Waals surface area contributed by atoms with Crippen molar-refractivity contribution >= 4 is 35.0 Å². The number of halogens is 2. The zero-order valence-electron chi connectivity index (χ0n) is 16.6. The average molecular weight is 421 g/mol. The highest BCUT2D eigenvalue weighted by Crippen LogP contribution is 2.26. The number of nitrogens with zero attached hydrogens (tertiary/aromatic N) is 1. The van der Waals surface area contributed by atoms with Gasteiger partial charge < -0.3 is 10.2 Å². The van der Waals surface area contributed by atoms with E-state index in [-0.39, 0.29) is 24.3 Å². The molecule has 2 aromatic rings. The van der Waals surface area contributed by atoms with Crippen molar-refractivity contribution in [2.75, 3.05) is 0 Å². The lowest BCUT2D eigenvalue weighted by atomic mass is 10.1. The molecule has 150 valence electrons. The molecule has 4 nitrogen and oxygen atoms in total. The number of benzene rings is 2. The summed E-state index contributed by atoms with van der Waals surface area (Å²) in [6, 6.07) is 12.4. The molecule has 6 heteroatoms. The summed E-state index contributed by atoms with van der Waals surface area (Å²) in [5.74, 6) is -0.399. The molecule has 0 bridgehead atoms. The summed E-state index contributed by atoms with van der Waals surface area (Å²) in [5, 5.41) is 3.76. The van der Waals surface area contributed by atoms with Crippen LogP contribution in [-0.4, -0.2) is 28.8 Å². The number of nitrogens with one attached hydrogen (secondary N) is 1. The second-order valence-corrected chi connectivity index (χ2v) is 8.04. The van der Waals surface area contributed by atoms with Crippen molar-refractivity contribution in [3.63, 3.8) is 0 Å². The number of hydrogen-bond donors (Lipinski definition) is 1. The predicted molar refractivity (Wildman–Crippen MR) is 115 cm³/mol. The summed E-state index contributed by atoms with van der Waals surface area (Å²) >= 11 is 12.5. The second kappa shape index (κ2) is 9.94. The zero-order valence-corrected chi connectivity index (χ0v) is 18.1. The Morgan fingerprint density at radius 1 is 1.04 bits per heavy atom. The SMILES string of the molecule is Cc1cccc(CN(C(=O)Cc2c(Cl)cccc2Cl)C(C)C(=O)NC(C)C)c1. The Morgan fingerprint density at radius 2 is 1.64 bits per heavy atom. The fourth-order valence-corrected chi connectivity index (χ4v) is 3.48. The third-order valence-corrected chi connectivity index (χ3v) is 5.13. The van der Waals surface area contributed by atoms with Crippen LogP contribution in [0, 0.1) is 6.92 Å². The van der Waals surface area contributed by atoms with Crippen molar-refractivity contribution in [2.45, 2.75) is 52.7 Å². The number of amides is 2. The normalized spacial score (nSPS) is 12.0. The van der Waals surface area contributed by atoms with E-state index in [2.05, 4.69) is 5.32 Å². The molecule has 1 atom stereocenters. The Kier molecular flexibility index (Phi) is 7.90. The molecule has 1 unspecified atom stereocenters. The Bertz CT molecular complexity index is 832. The van der Waals surface area contributed by atoms with Crippen LogP contribution in [-0.2, 0) is 22.6 Å². The Hall–Kier alpha value is -2.04. The first-order valence-corrected chi connectivity index (χ1v) is 10.0. The largest absolute Gasteiger partial charge is 0.352 e. The summed E-state index contributed by atoms with van der Waals surface area (Å²) in [7, 11) is 0. The lowest BCUT2D eigenvalue weighted by molar-refractivity contribution is -0.140. The minimum absolute atomic E-state index is 0.0103. The molecule has 0 fully saturated rings. The van der Waals surface area contributed by atoms with Crippen LogP contribution in [0.3, 0.4) is 0 Å². The number of carbonyl (C=O) groups excluding carboxylic acids is 2. The van der Waals surface area contributed by atoms with Crippen LogP contribution >= 0.6 is 23.2 Å². The highest BCUT2D eigenvalue weighted by Gasteiger charge is 2.27. The quantitative estimate of drug-likeness (QED) is 0.699. The van der Waals surface area contributed by atoms with E-state index >= 15 is 0 Å². The lowest BCUT2D eigenvalue weighted by Crippen LogP contribution is -2.49. The van der Waals surface area contributed by atoms with Gasteiger partial charge in [0.25, 0.3) is 0 Å². The smallest absolute Gasteiger partial charge is 0.242 e. The first kappa shape index (κ1) is 22.3. The maximum absolute atomic E-state index is 13.2. The maximum atomic E-state index is 13.2. The Balaban J connectivity index is 2.30. The van der Waals surface area contributed by atoms with Crippen LogP contribution in [0.2, 0.25) is 10.0 Å². The zero-order chi connectivity index (χ0) is 20.8. The molecule has 0 radical (unpaired) electrons. The van der Waals surface area contributed by atoms with Crippen molar-refractivity contribution < 1.29 is 9.59 Å². The van der Waals surface area contributed by atoms with Crippen molar-refractivity contribution in [2.24, 2.45) is 0 Å². The van der Waals surface area contributed by atoms with Crippen LogP contribution in [0.4, 0.5) is 0 Å². The molecule has 0 aliphatic carbocycles. The number of carbonyl (C=O) groups is 2. The third-order valence-electron chi connectivity index (χ3n) is 4.42. The highest BCUT2D eigenvalue weighted by molar-refractivity contribution is 6.36. The molecule has 0 spiro atoms. The lowest BCUT2D eigenvalue weighted by Gasteiger charge is -2.30. The average Bonchev–Trinajstić information content (AvgIpc) is 2.61. The van der Waals surface area contributed by atoms with E-state index in [9.17, 15) is 9.59 Å². The highest BCUT2D eigenvalue weighted by atomic mass is 35.5. The van der Waals surface area contributed by atoms with Gasteiger partial charge in [0, 0.05) is 22.6 Å². The first-order valence-electron chi connectivity index (χ1n) is 9.27. The van der Waals surface area contributed by atoms with Crippen molar-refractivity contribution in [3.8, 4) is 0 Å². The van der Waals surface area contributed by atoms with Gasteiger partial charge in [0.05, 0.1) is 6.42 Å². The number of rotatable bonds is 7. The molecule has 2 aromatic carbocycles. The van der Waals surface area contributed by atoms with E-state index in [4.69, 9.17) is 23.2 Å². The summed E-state index contributed by atoms with van der Waals surface area (Å²) < 4.78 is 0. The maximum Gasteiger partial charge on any atom is 0.242 e. The predicted octanol–water partition coefficient (Wildman–Crippen LogP) is 4.79. The van der Waals surface area contributed by atoms with Crippen LogP contribution < -0.4 is 5.32 Å². The molecular weight excluding hydrogens is 395 g/mol. The van der Waals surface area contributed by atoms with E-state index in [1.807, 2.05) is 45.0 Å². The van der Waals surface area contributed by atoms with E-state index in [1.165, 1.54) is 0 Å². The van der Waals surface area contributed by atoms with E-state index in [0.717, 1.165) is 11.1 Å². The molecule has 0 aromatic heterocycles. The minimum atomic E-state index is -0.628. The molecule has 2 amide bonds. The summed E-state index contributed by atoms with van der Waals surface area (Å²) in [6.45, 7) is 7.84. The van der Waals surface area contributed by atoms with E-state index < -0.39 is 6.04 Å². The van der Waals surface area contributed by atoms with Crippen LogP contribution in [0.5, 0.6) is 0 Å². The molecule has 1 N–H and O–H groups in total. The van der Waals surface area contributed by atoms with Gasteiger partial charge in [0.1, 0.15) is 6.04 Å². The molecular formula is C22H26Cl2N2O2. The Morgan fingerprint density at radius 3 is 2.21 bits per heavy atom. The molecule has 0 saturated heterocycles. The summed E-state index contributed by atoms with van der Waals surface area (Å²) in [5.41, 5.74) is 2.63. The van der Waals surface area contributed by atoms with Crippen molar-refractivity contribution in [1.29, 1.82) is 0 Å². The van der Waals surface area contributed by atoms with Gasteiger partial charge >= 0.3 is 0 Å². The van der Waals surface area contributed by atoms with Gasteiger partial charge in [-0.3, -0.25) is 9.59 Å². The number of aryl methyl sites for hydroxylation is 1. The molecule has 0 aliphatic rings. The first-order chi connectivity index (χ1) is 13.2. The van der Waals surface area contributed by atoms with Gasteiger partial charge in [-0.1, -0.05) is 59.1 Å². The fourth-order valence-electron chi connectivity index (χ4n) is 2.95. The third kappa shape index (κ3) is 5.98. The van der Waals surface area contributed by atoms with Crippen LogP contribution in [0.1, 0.15) is 37.5 Å². The number of hydrogen-bond acceptors (Lipinski definition) is 2. The fraction of sp³-hybridized carbons (Fsp3) is 0.364. The summed E-state index contributed by atoms with van der Waals surface area (Å²) in [4.78, 5) is 27.3. The molecule has 28 heavy (non-hydrogen) atoms. The standard InChI is InChI=1S/C22H26Cl2N2O2/c1-14(2)25-22(28)16(4)26(13-17-8-5-7-15(3)11-17)21(27)12-18-19(23)9-6-10-20(18)24/h5-11,14,16H,12-13H2,1-4H3,(H,25,28). The molecule has 0 saturated carbocycles. The van der Waals surface area contributed by atoms with Gasteiger partial charge in [0.15, 0.2) is 0 Å². The van der Waals surface area contributed by atoms with Gasteiger partial charge in [-0.25, -0.2) is 0 Å². The van der Waals surface area contributed by atoms with Gasteiger partial charge in [-0.05, 0) is 51.0 Å². The van der Waals surface area contributed by atoms with Crippen LogP contribution in [0.15, 0.2) is 42.5 Å². The van der Waals surface area contributed by atoms with Crippen LogP contribution in [0.25, 0.3) is 0 Å².